The van der Waals surface area contributed by atoms with Gasteiger partial charge in [-0.25, -0.2) is 0 Å². The zero-order chi connectivity index (χ0) is 12.3. The second-order valence-electron chi connectivity index (χ2n) is 4.02. The van der Waals surface area contributed by atoms with E-state index in [9.17, 15) is 4.39 Å². The van der Waals surface area contributed by atoms with Crippen LogP contribution in [-0.4, -0.2) is 10.2 Å². The SMILES string of the molecule is CC(C)c1ccc(Oc2ccc(F)nn2)cc1. The van der Waals surface area contributed by atoms with Gasteiger partial charge in [0.05, 0.1) is 0 Å². The van der Waals surface area contributed by atoms with Crippen molar-refractivity contribution in [2.75, 3.05) is 0 Å². The van der Waals surface area contributed by atoms with Gasteiger partial charge in [0, 0.05) is 12.1 Å². The van der Waals surface area contributed by atoms with Crippen LogP contribution in [0, 0.1) is 5.95 Å². The highest BCUT2D eigenvalue weighted by molar-refractivity contribution is 5.31. The summed E-state index contributed by atoms with van der Waals surface area (Å²) in [7, 11) is 0. The Kier molecular flexibility index (Phi) is 3.32. The Morgan fingerprint density at radius 1 is 1.00 bits per heavy atom. The van der Waals surface area contributed by atoms with Crippen LogP contribution in [0.25, 0.3) is 0 Å². The third-order valence-corrected chi connectivity index (χ3v) is 2.38. The van der Waals surface area contributed by atoms with Crippen LogP contribution in [0.5, 0.6) is 11.6 Å². The van der Waals surface area contributed by atoms with E-state index in [4.69, 9.17) is 4.74 Å². The number of halogens is 1. The quantitative estimate of drug-likeness (QED) is 0.812. The first-order valence-corrected chi connectivity index (χ1v) is 5.42. The minimum Gasteiger partial charge on any atom is -0.438 e. The minimum atomic E-state index is -0.618. The first-order chi connectivity index (χ1) is 8.15. The van der Waals surface area contributed by atoms with Gasteiger partial charge in [-0.1, -0.05) is 26.0 Å². The van der Waals surface area contributed by atoms with Crippen LogP contribution < -0.4 is 4.74 Å². The molecule has 0 atom stereocenters. The van der Waals surface area contributed by atoms with Crippen LogP contribution in [0.1, 0.15) is 25.3 Å². The molecule has 0 saturated heterocycles. The van der Waals surface area contributed by atoms with Crippen molar-refractivity contribution < 1.29 is 9.13 Å². The highest BCUT2D eigenvalue weighted by atomic mass is 19.1. The Labute approximate surface area is 99.3 Å². The van der Waals surface area contributed by atoms with Gasteiger partial charge in [-0.3, -0.25) is 0 Å². The van der Waals surface area contributed by atoms with Gasteiger partial charge in [0.15, 0.2) is 0 Å². The molecule has 0 unspecified atom stereocenters. The van der Waals surface area contributed by atoms with Crippen LogP contribution in [0.15, 0.2) is 36.4 Å². The molecule has 0 bridgehead atoms. The molecule has 2 rings (SSSR count). The lowest BCUT2D eigenvalue weighted by molar-refractivity contribution is 0.443. The molecule has 4 heteroatoms. The molecular formula is C13H13FN2O. The van der Waals surface area contributed by atoms with Gasteiger partial charge in [0.25, 0.3) is 0 Å². The van der Waals surface area contributed by atoms with Gasteiger partial charge in [-0.15, -0.1) is 10.2 Å². The van der Waals surface area contributed by atoms with Crippen molar-refractivity contribution in [1.29, 1.82) is 0 Å². The number of hydrogen-bond donors (Lipinski definition) is 0. The van der Waals surface area contributed by atoms with E-state index >= 15 is 0 Å². The monoisotopic (exact) mass is 232 g/mol. The van der Waals surface area contributed by atoms with E-state index in [2.05, 4.69) is 24.0 Å². The topological polar surface area (TPSA) is 35.0 Å². The van der Waals surface area contributed by atoms with E-state index in [1.165, 1.54) is 17.7 Å². The largest absolute Gasteiger partial charge is 0.438 e. The molecule has 3 nitrogen and oxygen atoms in total. The molecular weight excluding hydrogens is 219 g/mol. The van der Waals surface area contributed by atoms with Gasteiger partial charge in [-0.05, 0) is 23.6 Å². The fourth-order valence-corrected chi connectivity index (χ4v) is 1.40. The fourth-order valence-electron chi connectivity index (χ4n) is 1.40. The molecule has 0 N–H and O–H groups in total. The highest BCUT2D eigenvalue weighted by Gasteiger charge is 2.02. The van der Waals surface area contributed by atoms with Crippen molar-refractivity contribution in [3.05, 3.63) is 47.9 Å². The van der Waals surface area contributed by atoms with Gasteiger partial charge in [0.2, 0.25) is 11.8 Å². The molecule has 0 spiro atoms. The molecule has 88 valence electrons. The number of benzene rings is 1. The van der Waals surface area contributed by atoms with Crippen molar-refractivity contribution in [1.82, 2.24) is 10.2 Å². The zero-order valence-electron chi connectivity index (χ0n) is 9.72. The molecule has 0 fully saturated rings. The molecule has 2 aromatic rings. The summed E-state index contributed by atoms with van der Waals surface area (Å²) in [6.45, 7) is 4.25. The smallest absolute Gasteiger partial charge is 0.239 e. The zero-order valence-corrected chi connectivity index (χ0v) is 9.72. The Morgan fingerprint density at radius 3 is 2.24 bits per heavy atom. The van der Waals surface area contributed by atoms with Crippen molar-refractivity contribution in [3.8, 4) is 11.6 Å². The highest BCUT2D eigenvalue weighted by Crippen LogP contribution is 2.22. The van der Waals surface area contributed by atoms with Gasteiger partial charge >= 0.3 is 0 Å². The Morgan fingerprint density at radius 2 is 1.71 bits per heavy atom. The van der Waals surface area contributed by atoms with E-state index in [-0.39, 0.29) is 5.88 Å². The third-order valence-electron chi connectivity index (χ3n) is 2.38. The van der Waals surface area contributed by atoms with Crippen LogP contribution >= 0.6 is 0 Å². The molecule has 0 saturated carbocycles. The van der Waals surface area contributed by atoms with Crippen molar-refractivity contribution in [3.63, 3.8) is 0 Å². The first-order valence-electron chi connectivity index (χ1n) is 5.42. The molecule has 1 aromatic heterocycles. The van der Waals surface area contributed by atoms with E-state index < -0.39 is 5.95 Å². The fraction of sp³-hybridized carbons (Fsp3) is 0.231. The Hall–Kier alpha value is -1.97. The lowest BCUT2D eigenvalue weighted by atomic mass is 10.0. The summed E-state index contributed by atoms with van der Waals surface area (Å²) in [6, 6.07) is 10.4. The molecule has 0 amide bonds. The van der Waals surface area contributed by atoms with Gasteiger partial charge < -0.3 is 4.74 Å². The van der Waals surface area contributed by atoms with Crippen molar-refractivity contribution in [2.24, 2.45) is 0 Å². The average Bonchev–Trinajstić information content (AvgIpc) is 2.33. The maximum absolute atomic E-state index is 12.5. The lowest BCUT2D eigenvalue weighted by Gasteiger charge is -2.07. The summed E-state index contributed by atoms with van der Waals surface area (Å²) in [4.78, 5) is 0. The number of ether oxygens (including phenoxy) is 1. The standard InChI is InChI=1S/C13H13FN2O/c1-9(2)10-3-5-11(6-4-10)17-13-8-7-12(14)15-16-13/h3-9H,1-2H3. The van der Waals surface area contributed by atoms with Crippen LogP contribution in [0.3, 0.4) is 0 Å². The van der Waals surface area contributed by atoms with Gasteiger partial charge in [0.1, 0.15) is 5.75 Å². The normalized spacial score (nSPS) is 10.6. The average molecular weight is 232 g/mol. The molecule has 0 aliphatic rings. The third kappa shape index (κ3) is 3.00. The Balaban J connectivity index is 2.11. The summed E-state index contributed by atoms with van der Waals surface area (Å²) in [6.07, 6.45) is 0. The van der Waals surface area contributed by atoms with Gasteiger partial charge in [-0.2, -0.15) is 4.39 Å². The maximum atomic E-state index is 12.5. The second kappa shape index (κ2) is 4.91. The van der Waals surface area contributed by atoms with E-state index in [0.29, 0.717) is 11.7 Å². The summed E-state index contributed by atoms with van der Waals surface area (Å²) in [5.74, 6) is 0.807. The van der Waals surface area contributed by atoms with Crippen LogP contribution in [0.4, 0.5) is 4.39 Å². The van der Waals surface area contributed by atoms with Crippen molar-refractivity contribution in [2.45, 2.75) is 19.8 Å². The lowest BCUT2D eigenvalue weighted by Crippen LogP contribution is -1.93. The predicted octanol–water partition coefficient (Wildman–Crippen LogP) is 3.53. The summed E-state index contributed by atoms with van der Waals surface area (Å²) in [5.41, 5.74) is 1.24. The molecule has 0 aliphatic heterocycles. The molecule has 1 aromatic carbocycles. The van der Waals surface area contributed by atoms with Crippen molar-refractivity contribution >= 4 is 0 Å². The molecule has 17 heavy (non-hydrogen) atoms. The number of nitrogens with zero attached hydrogens (tertiary/aromatic N) is 2. The second-order valence-corrected chi connectivity index (χ2v) is 4.02. The van der Waals surface area contributed by atoms with Crippen LogP contribution in [-0.2, 0) is 0 Å². The maximum Gasteiger partial charge on any atom is 0.239 e. The van der Waals surface area contributed by atoms with Crippen LogP contribution in [0.2, 0.25) is 0 Å². The molecule has 0 radical (unpaired) electrons. The van der Waals surface area contributed by atoms with E-state index in [1.54, 1.807) is 0 Å². The van der Waals surface area contributed by atoms with E-state index in [1.807, 2.05) is 24.3 Å². The number of rotatable bonds is 3. The molecule has 0 aliphatic carbocycles. The summed E-state index contributed by atoms with van der Waals surface area (Å²) < 4.78 is 18.0. The summed E-state index contributed by atoms with van der Waals surface area (Å²) in [5, 5.41) is 6.86. The van der Waals surface area contributed by atoms with E-state index in [0.717, 1.165) is 0 Å². The first kappa shape index (κ1) is 11.5. The minimum absolute atomic E-state index is 0.281. The molecule has 1 heterocycles. The Bertz CT molecular complexity index is 480. The number of hydrogen-bond acceptors (Lipinski definition) is 3. The summed E-state index contributed by atoms with van der Waals surface area (Å²) >= 11 is 0. The number of aromatic nitrogens is 2. The predicted molar refractivity (Wildman–Crippen MR) is 62.6 cm³/mol.